The molecule has 82 valence electrons. The zero-order chi connectivity index (χ0) is 11.4. The summed E-state index contributed by atoms with van der Waals surface area (Å²) in [6, 6.07) is 3.84. The Balaban J connectivity index is 2.86. The lowest BCUT2D eigenvalue weighted by Crippen LogP contribution is -2.35. The number of carbonyl (C=O) groups excluding carboxylic acids is 1. The van der Waals surface area contributed by atoms with Gasteiger partial charge in [0.1, 0.15) is 5.75 Å². The number of hydrogen-bond donors (Lipinski definition) is 3. The summed E-state index contributed by atoms with van der Waals surface area (Å²) in [6.45, 7) is 1.49. The maximum Gasteiger partial charge on any atom is 0.255 e. The summed E-state index contributed by atoms with van der Waals surface area (Å²) in [5.41, 5.74) is 0.0998. The van der Waals surface area contributed by atoms with E-state index in [1.807, 2.05) is 0 Å². The molecular weight excluding hydrogens is 218 g/mol. The summed E-state index contributed by atoms with van der Waals surface area (Å²) in [7, 11) is 0. The number of aliphatic hydroxyl groups is 1. The molecule has 0 fully saturated rings. The third-order valence-corrected chi connectivity index (χ3v) is 2.09. The van der Waals surface area contributed by atoms with Crippen molar-refractivity contribution >= 4 is 17.5 Å². The lowest BCUT2D eigenvalue weighted by Gasteiger charge is -2.11. The van der Waals surface area contributed by atoms with Crippen molar-refractivity contribution in [1.29, 1.82) is 0 Å². The summed E-state index contributed by atoms with van der Waals surface area (Å²) in [5.74, 6) is -0.599. The number of aliphatic hydroxyl groups excluding tert-OH is 1. The standard InChI is InChI=1S/C10H12ClNO3/c1-6(5-13)12-10(15)8-4-7(11)2-3-9(8)14/h2-4,6,13-14H,5H2,1H3,(H,12,15)/t6-/m0/s1. The second-order valence-electron chi connectivity index (χ2n) is 3.22. The van der Waals surface area contributed by atoms with Gasteiger partial charge in [0.05, 0.1) is 12.2 Å². The summed E-state index contributed by atoms with van der Waals surface area (Å²) in [4.78, 5) is 11.5. The predicted octanol–water partition coefficient (Wildman–Crippen LogP) is 1.16. The van der Waals surface area contributed by atoms with E-state index in [-0.39, 0.29) is 24.0 Å². The second-order valence-corrected chi connectivity index (χ2v) is 3.65. The van der Waals surface area contributed by atoms with Gasteiger partial charge in [-0.1, -0.05) is 11.6 Å². The van der Waals surface area contributed by atoms with Gasteiger partial charge in [-0.3, -0.25) is 4.79 Å². The van der Waals surface area contributed by atoms with Gasteiger partial charge >= 0.3 is 0 Å². The van der Waals surface area contributed by atoms with Crippen molar-refractivity contribution in [2.45, 2.75) is 13.0 Å². The van der Waals surface area contributed by atoms with E-state index >= 15 is 0 Å². The Hall–Kier alpha value is -1.26. The molecule has 1 aromatic rings. The Morgan fingerprint density at radius 1 is 1.60 bits per heavy atom. The molecule has 0 aromatic heterocycles. The highest BCUT2D eigenvalue weighted by molar-refractivity contribution is 6.31. The molecular formula is C10H12ClNO3. The third kappa shape index (κ3) is 3.11. The molecule has 0 saturated carbocycles. The molecule has 0 aliphatic rings. The number of amides is 1. The van der Waals surface area contributed by atoms with Crippen LogP contribution in [-0.2, 0) is 0 Å². The first-order chi connectivity index (χ1) is 7.04. The largest absolute Gasteiger partial charge is 0.507 e. The number of aromatic hydroxyl groups is 1. The minimum atomic E-state index is -0.462. The van der Waals surface area contributed by atoms with E-state index < -0.39 is 5.91 Å². The van der Waals surface area contributed by atoms with Crippen LogP contribution in [0, 0.1) is 0 Å². The van der Waals surface area contributed by atoms with Crippen LogP contribution in [0.1, 0.15) is 17.3 Å². The van der Waals surface area contributed by atoms with E-state index in [0.717, 1.165) is 0 Å². The Kier molecular flexibility index (Phi) is 3.94. The molecule has 3 N–H and O–H groups in total. The Labute approximate surface area is 92.5 Å². The minimum Gasteiger partial charge on any atom is -0.507 e. The monoisotopic (exact) mass is 229 g/mol. The van der Waals surface area contributed by atoms with Crippen LogP contribution >= 0.6 is 11.6 Å². The number of carbonyl (C=O) groups is 1. The summed E-state index contributed by atoms with van der Waals surface area (Å²) in [5, 5.41) is 21.0. The topological polar surface area (TPSA) is 69.6 Å². The van der Waals surface area contributed by atoms with Gasteiger partial charge in [0.2, 0.25) is 0 Å². The fourth-order valence-electron chi connectivity index (χ4n) is 1.04. The van der Waals surface area contributed by atoms with Crippen LogP contribution < -0.4 is 5.32 Å². The quantitative estimate of drug-likeness (QED) is 0.729. The molecule has 1 atom stereocenters. The fraction of sp³-hybridized carbons (Fsp3) is 0.300. The van der Waals surface area contributed by atoms with Crippen LogP contribution in [0.2, 0.25) is 5.02 Å². The average Bonchev–Trinajstić information content (AvgIpc) is 2.21. The van der Waals surface area contributed by atoms with Gasteiger partial charge in [0.15, 0.2) is 0 Å². The van der Waals surface area contributed by atoms with Crippen molar-refractivity contribution in [3.05, 3.63) is 28.8 Å². The highest BCUT2D eigenvalue weighted by Crippen LogP contribution is 2.21. The number of hydrogen-bond acceptors (Lipinski definition) is 3. The van der Waals surface area contributed by atoms with Crippen molar-refractivity contribution in [2.24, 2.45) is 0 Å². The number of rotatable bonds is 3. The Bertz CT molecular complexity index is 368. The summed E-state index contributed by atoms with van der Waals surface area (Å²) >= 11 is 5.69. The van der Waals surface area contributed by atoms with Gasteiger partial charge in [0, 0.05) is 11.1 Å². The molecule has 1 amide bonds. The number of phenols is 1. The lowest BCUT2D eigenvalue weighted by atomic mass is 10.2. The molecule has 0 radical (unpaired) electrons. The van der Waals surface area contributed by atoms with Gasteiger partial charge in [-0.05, 0) is 25.1 Å². The summed E-state index contributed by atoms with van der Waals surface area (Å²) in [6.07, 6.45) is 0. The zero-order valence-corrected chi connectivity index (χ0v) is 8.95. The second kappa shape index (κ2) is 5.00. The van der Waals surface area contributed by atoms with Crippen LogP contribution in [0.25, 0.3) is 0 Å². The third-order valence-electron chi connectivity index (χ3n) is 1.85. The van der Waals surface area contributed by atoms with Gasteiger partial charge in [-0.25, -0.2) is 0 Å². The average molecular weight is 230 g/mol. The fourth-order valence-corrected chi connectivity index (χ4v) is 1.21. The van der Waals surface area contributed by atoms with Gasteiger partial charge in [-0.2, -0.15) is 0 Å². The Morgan fingerprint density at radius 2 is 2.27 bits per heavy atom. The van der Waals surface area contributed by atoms with Gasteiger partial charge < -0.3 is 15.5 Å². The first-order valence-corrected chi connectivity index (χ1v) is 4.82. The van der Waals surface area contributed by atoms with Crippen molar-refractivity contribution in [2.75, 3.05) is 6.61 Å². The molecule has 0 saturated heterocycles. The molecule has 4 nitrogen and oxygen atoms in total. The van der Waals surface area contributed by atoms with Crippen LogP contribution in [0.15, 0.2) is 18.2 Å². The molecule has 0 aliphatic heterocycles. The highest BCUT2D eigenvalue weighted by atomic mass is 35.5. The molecule has 15 heavy (non-hydrogen) atoms. The normalized spacial score (nSPS) is 12.2. The zero-order valence-electron chi connectivity index (χ0n) is 8.20. The molecule has 0 aliphatic carbocycles. The maximum atomic E-state index is 11.5. The number of phenolic OH excluding ortho intramolecular Hbond substituents is 1. The highest BCUT2D eigenvalue weighted by Gasteiger charge is 2.13. The van der Waals surface area contributed by atoms with Crippen molar-refractivity contribution < 1.29 is 15.0 Å². The number of halogens is 1. The van der Waals surface area contributed by atoms with Crippen molar-refractivity contribution in [1.82, 2.24) is 5.32 Å². The van der Waals surface area contributed by atoms with Crippen LogP contribution in [0.3, 0.4) is 0 Å². The molecule has 1 aromatic carbocycles. The van der Waals surface area contributed by atoms with E-state index in [9.17, 15) is 9.90 Å². The van der Waals surface area contributed by atoms with Crippen molar-refractivity contribution in [3.8, 4) is 5.75 Å². The van der Waals surface area contributed by atoms with Crippen LogP contribution in [0.4, 0.5) is 0 Å². The molecule has 5 heteroatoms. The molecule has 0 spiro atoms. The number of benzene rings is 1. The predicted molar refractivity (Wildman–Crippen MR) is 57.1 cm³/mol. The number of nitrogens with one attached hydrogen (secondary N) is 1. The Morgan fingerprint density at radius 3 is 2.87 bits per heavy atom. The minimum absolute atomic E-state index is 0.0998. The maximum absolute atomic E-state index is 11.5. The first kappa shape index (κ1) is 11.8. The van der Waals surface area contributed by atoms with Gasteiger partial charge in [-0.15, -0.1) is 0 Å². The molecule has 1 rings (SSSR count). The van der Waals surface area contributed by atoms with E-state index in [2.05, 4.69) is 5.32 Å². The van der Waals surface area contributed by atoms with E-state index in [1.54, 1.807) is 6.92 Å². The van der Waals surface area contributed by atoms with Crippen molar-refractivity contribution in [3.63, 3.8) is 0 Å². The molecule has 0 heterocycles. The van der Waals surface area contributed by atoms with Crippen LogP contribution in [0.5, 0.6) is 5.75 Å². The SMILES string of the molecule is C[C@@H](CO)NC(=O)c1cc(Cl)ccc1O. The van der Waals surface area contributed by atoms with E-state index in [1.165, 1.54) is 18.2 Å². The smallest absolute Gasteiger partial charge is 0.255 e. The summed E-state index contributed by atoms with van der Waals surface area (Å²) < 4.78 is 0. The van der Waals surface area contributed by atoms with Gasteiger partial charge in [0.25, 0.3) is 5.91 Å². The van der Waals surface area contributed by atoms with Crippen LogP contribution in [-0.4, -0.2) is 28.8 Å². The van der Waals surface area contributed by atoms with E-state index in [0.29, 0.717) is 5.02 Å². The lowest BCUT2D eigenvalue weighted by molar-refractivity contribution is 0.0919. The van der Waals surface area contributed by atoms with E-state index in [4.69, 9.17) is 16.7 Å². The molecule has 0 bridgehead atoms. The first-order valence-electron chi connectivity index (χ1n) is 4.45. The molecule has 0 unspecified atom stereocenters.